The van der Waals surface area contributed by atoms with Gasteiger partial charge in [0.05, 0.1) is 16.4 Å². The fourth-order valence-electron chi connectivity index (χ4n) is 1.75. The number of aryl methyl sites for hydroxylation is 1. The smallest absolute Gasteiger partial charge is 0.134 e. The highest BCUT2D eigenvalue weighted by Crippen LogP contribution is 2.32. The Morgan fingerprint density at radius 3 is 2.88 bits per heavy atom. The molecule has 0 saturated heterocycles. The van der Waals surface area contributed by atoms with Crippen LogP contribution in [0.5, 0.6) is 5.75 Å². The lowest BCUT2D eigenvalue weighted by atomic mass is 10.2. The Balaban J connectivity index is 2.22. The third kappa shape index (κ3) is 1.76. The largest absolute Gasteiger partial charge is 0.506 e. The second-order valence-electron chi connectivity index (χ2n) is 3.87. The number of para-hydroxylation sites is 1. The molecule has 0 aliphatic carbocycles. The van der Waals surface area contributed by atoms with Crippen molar-refractivity contribution in [2.45, 2.75) is 6.92 Å². The molecule has 1 aromatic carbocycles. The number of thiazole rings is 1. The van der Waals surface area contributed by atoms with Crippen molar-refractivity contribution in [1.29, 1.82) is 0 Å². The third-order valence-corrected chi connectivity index (χ3v) is 3.66. The second kappa shape index (κ2) is 3.82. The maximum absolute atomic E-state index is 9.42. The molecular formula is C13H10N2OS. The Morgan fingerprint density at radius 2 is 2.12 bits per heavy atom. The molecule has 17 heavy (non-hydrogen) atoms. The number of fused-ring (bicyclic) bond motifs is 1. The van der Waals surface area contributed by atoms with E-state index >= 15 is 0 Å². The van der Waals surface area contributed by atoms with E-state index in [1.165, 1.54) is 6.20 Å². The zero-order valence-electron chi connectivity index (χ0n) is 9.21. The van der Waals surface area contributed by atoms with Crippen LogP contribution in [0, 0.1) is 6.92 Å². The minimum atomic E-state index is 0.165. The van der Waals surface area contributed by atoms with Crippen LogP contribution in [0.4, 0.5) is 0 Å². The molecule has 3 rings (SSSR count). The lowest BCUT2D eigenvalue weighted by Crippen LogP contribution is -1.79. The van der Waals surface area contributed by atoms with Gasteiger partial charge in [-0.25, -0.2) is 4.98 Å². The highest BCUT2D eigenvalue weighted by atomic mass is 32.1. The predicted molar refractivity (Wildman–Crippen MR) is 69.3 cm³/mol. The van der Waals surface area contributed by atoms with Crippen molar-refractivity contribution in [3.05, 3.63) is 42.2 Å². The lowest BCUT2D eigenvalue weighted by molar-refractivity contribution is 0.473. The Labute approximate surface area is 102 Å². The SMILES string of the molecule is Cc1cccc2sc(-c3cncc(O)c3)nc12. The third-order valence-electron chi connectivity index (χ3n) is 2.59. The van der Waals surface area contributed by atoms with Gasteiger partial charge in [0.25, 0.3) is 0 Å². The average molecular weight is 242 g/mol. The second-order valence-corrected chi connectivity index (χ2v) is 4.90. The van der Waals surface area contributed by atoms with Gasteiger partial charge in [0.2, 0.25) is 0 Å². The molecule has 0 amide bonds. The van der Waals surface area contributed by atoms with E-state index in [0.717, 1.165) is 26.4 Å². The Hall–Kier alpha value is -1.94. The van der Waals surface area contributed by atoms with Gasteiger partial charge in [-0.3, -0.25) is 4.98 Å². The molecule has 3 aromatic rings. The Bertz CT molecular complexity index is 691. The van der Waals surface area contributed by atoms with Crippen LogP contribution in [0.3, 0.4) is 0 Å². The van der Waals surface area contributed by atoms with Gasteiger partial charge in [0, 0.05) is 11.8 Å². The van der Waals surface area contributed by atoms with Gasteiger partial charge in [-0.1, -0.05) is 12.1 Å². The number of rotatable bonds is 1. The summed E-state index contributed by atoms with van der Waals surface area (Å²) in [6.07, 6.45) is 3.13. The van der Waals surface area contributed by atoms with E-state index in [2.05, 4.69) is 16.0 Å². The molecular weight excluding hydrogens is 232 g/mol. The molecule has 0 saturated carbocycles. The van der Waals surface area contributed by atoms with Gasteiger partial charge >= 0.3 is 0 Å². The Kier molecular flexibility index (Phi) is 2.30. The summed E-state index contributed by atoms with van der Waals surface area (Å²) >= 11 is 1.61. The van der Waals surface area contributed by atoms with Gasteiger partial charge in [-0.2, -0.15) is 0 Å². The molecule has 4 heteroatoms. The molecule has 2 heterocycles. The monoisotopic (exact) mass is 242 g/mol. The van der Waals surface area contributed by atoms with Crippen molar-refractivity contribution >= 4 is 21.6 Å². The molecule has 0 radical (unpaired) electrons. The maximum Gasteiger partial charge on any atom is 0.134 e. The number of pyridine rings is 1. The number of aromatic nitrogens is 2. The van der Waals surface area contributed by atoms with E-state index in [4.69, 9.17) is 0 Å². The minimum Gasteiger partial charge on any atom is -0.506 e. The summed E-state index contributed by atoms with van der Waals surface area (Å²) in [6, 6.07) is 7.81. The van der Waals surface area contributed by atoms with Crippen LogP contribution in [0.1, 0.15) is 5.56 Å². The van der Waals surface area contributed by atoms with Crippen LogP contribution in [-0.2, 0) is 0 Å². The van der Waals surface area contributed by atoms with Crippen LogP contribution >= 0.6 is 11.3 Å². The fraction of sp³-hybridized carbons (Fsp3) is 0.0769. The molecule has 0 aliphatic rings. The number of nitrogens with zero attached hydrogens (tertiary/aromatic N) is 2. The van der Waals surface area contributed by atoms with E-state index in [-0.39, 0.29) is 5.75 Å². The highest BCUT2D eigenvalue weighted by molar-refractivity contribution is 7.21. The van der Waals surface area contributed by atoms with E-state index in [1.54, 1.807) is 23.6 Å². The van der Waals surface area contributed by atoms with Crippen LogP contribution < -0.4 is 0 Å². The first-order chi connectivity index (χ1) is 8.24. The van der Waals surface area contributed by atoms with Crippen molar-refractivity contribution in [3.8, 4) is 16.3 Å². The first kappa shape index (κ1) is 10.2. The van der Waals surface area contributed by atoms with E-state index in [9.17, 15) is 5.11 Å². The number of hydrogen-bond acceptors (Lipinski definition) is 4. The topological polar surface area (TPSA) is 46.0 Å². The summed E-state index contributed by atoms with van der Waals surface area (Å²) < 4.78 is 1.16. The summed E-state index contributed by atoms with van der Waals surface area (Å²) in [6.45, 7) is 2.05. The van der Waals surface area contributed by atoms with Crippen molar-refractivity contribution in [2.75, 3.05) is 0 Å². The maximum atomic E-state index is 9.42. The summed E-state index contributed by atoms with van der Waals surface area (Å²) in [7, 11) is 0. The molecule has 0 fully saturated rings. The first-order valence-corrected chi connectivity index (χ1v) is 6.06. The van der Waals surface area contributed by atoms with Gasteiger partial charge in [0.1, 0.15) is 10.8 Å². The molecule has 0 aliphatic heterocycles. The fourth-order valence-corrected chi connectivity index (χ4v) is 2.78. The minimum absolute atomic E-state index is 0.165. The van der Waals surface area contributed by atoms with Gasteiger partial charge < -0.3 is 5.11 Å². The van der Waals surface area contributed by atoms with Crippen molar-refractivity contribution in [1.82, 2.24) is 9.97 Å². The van der Waals surface area contributed by atoms with Gasteiger partial charge in [-0.15, -0.1) is 11.3 Å². The summed E-state index contributed by atoms with van der Waals surface area (Å²) in [4.78, 5) is 8.56. The Morgan fingerprint density at radius 1 is 1.24 bits per heavy atom. The molecule has 84 valence electrons. The quantitative estimate of drug-likeness (QED) is 0.711. The average Bonchev–Trinajstić information content (AvgIpc) is 2.74. The normalized spacial score (nSPS) is 10.9. The number of benzene rings is 1. The summed E-state index contributed by atoms with van der Waals surface area (Å²) in [5.74, 6) is 0.165. The van der Waals surface area contributed by atoms with Crippen LogP contribution in [0.15, 0.2) is 36.7 Å². The van der Waals surface area contributed by atoms with Crippen molar-refractivity contribution in [3.63, 3.8) is 0 Å². The number of aromatic hydroxyl groups is 1. The zero-order valence-corrected chi connectivity index (χ0v) is 10.0. The number of hydrogen-bond donors (Lipinski definition) is 1. The molecule has 0 bridgehead atoms. The first-order valence-electron chi connectivity index (χ1n) is 5.24. The lowest BCUT2D eigenvalue weighted by Gasteiger charge is -1.95. The molecule has 3 nitrogen and oxygen atoms in total. The molecule has 0 spiro atoms. The summed E-state index contributed by atoms with van der Waals surface area (Å²) in [5, 5.41) is 10.3. The summed E-state index contributed by atoms with van der Waals surface area (Å²) in [5.41, 5.74) is 3.04. The van der Waals surface area contributed by atoms with Crippen LogP contribution in [0.25, 0.3) is 20.8 Å². The molecule has 1 N–H and O–H groups in total. The van der Waals surface area contributed by atoms with Crippen LogP contribution in [0.2, 0.25) is 0 Å². The predicted octanol–water partition coefficient (Wildman–Crippen LogP) is 3.37. The standard InChI is InChI=1S/C13H10N2OS/c1-8-3-2-4-11-12(8)15-13(17-11)9-5-10(16)7-14-6-9/h2-7,16H,1H3. The van der Waals surface area contributed by atoms with E-state index in [1.807, 2.05) is 19.1 Å². The van der Waals surface area contributed by atoms with E-state index in [0.29, 0.717) is 0 Å². The molecule has 0 unspecified atom stereocenters. The van der Waals surface area contributed by atoms with E-state index < -0.39 is 0 Å². The molecule has 2 aromatic heterocycles. The zero-order chi connectivity index (χ0) is 11.8. The van der Waals surface area contributed by atoms with Crippen LogP contribution in [-0.4, -0.2) is 15.1 Å². The van der Waals surface area contributed by atoms with Gasteiger partial charge in [0.15, 0.2) is 0 Å². The molecule has 0 atom stereocenters. The van der Waals surface area contributed by atoms with Crippen molar-refractivity contribution in [2.24, 2.45) is 0 Å². The van der Waals surface area contributed by atoms with Gasteiger partial charge in [-0.05, 0) is 24.6 Å². The highest BCUT2D eigenvalue weighted by Gasteiger charge is 2.08. The van der Waals surface area contributed by atoms with Crippen molar-refractivity contribution < 1.29 is 5.11 Å².